The fraction of sp³-hybridized carbons (Fsp3) is 0.474. The van der Waals surface area contributed by atoms with Crippen LogP contribution in [0.3, 0.4) is 0 Å². The van der Waals surface area contributed by atoms with Gasteiger partial charge in [0.05, 0.1) is 18.8 Å². The maximum absolute atomic E-state index is 14.3. The van der Waals surface area contributed by atoms with Crippen molar-refractivity contribution in [2.75, 3.05) is 13.7 Å². The molecule has 0 bridgehead atoms. The van der Waals surface area contributed by atoms with E-state index >= 15 is 0 Å². The number of nitrogens with one attached hydrogen (secondary N) is 2. The predicted molar refractivity (Wildman–Crippen MR) is 99.6 cm³/mol. The summed E-state index contributed by atoms with van der Waals surface area (Å²) < 4.78 is 21.6. The Morgan fingerprint density at radius 1 is 1.46 bits per heavy atom. The smallest absolute Gasteiger partial charge is 0.191 e. The molecule has 0 amide bonds. The number of aromatic nitrogens is 2. The summed E-state index contributed by atoms with van der Waals surface area (Å²) in [6.45, 7) is 3.19. The van der Waals surface area contributed by atoms with Crippen molar-refractivity contribution in [1.82, 2.24) is 20.4 Å². The molecule has 0 aliphatic heterocycles. The standard InChI is InChI=1S/C19H26FN5O/c1-13(24-19(21-2)22-9-15-10-23-25(3)11-15)16-6-7-18(17(20)8-16)26-12-14-4-5-14/h6-8,10-11,13-14H,4-5,9,12H2,1-3H3,(H2,21,22,24). The third kappa shape index (κ3) is 4.97. The van der Waals surface area contributed by atoms with Gasteiger partial charge in [0.25, 0.3) is 0 Å². The third-order valence-corrected chi connectivity index (χ3v) is 4.42. The van der Waals surface area contributed by atoms with Crippen LogP contribution in [0.15, 0.2) is 35.6 Å². The largest absolute Gasteiger partial charge is 0.490 e. The van der Waals surface area contributed by atoms with Crippen molar-refractivity contribution in [2.45, 2.75) is 32.4 Å². The van der Waals surface area contributed by atoms with E-state index in [1.807, 2.05) is 26.2 Å². The molecular weight excluding hydrogens is 333 g/mol. The van der Waals surface area contributed by atoms with Crippen LogP contribution in [0, 0.1) is 11.7 Å². The molecule has 0 radical (unpaired) electrons. The van der Waals surface area contributed by atoms with Gasteiger partial charge in [-0.2, -0.15) is 5.10 Å². The van der Waals surface area contributed by atoms with Crippen LogP contribution < -0.4 is 15.4 Å². The molecule has 1 atom stereocenters. The second-order valence-corrected chi connectivity index (χ2v) is 6.76. The van der Waals surface area contributed by atoms with E-state index in [0.717, 1.165) is 11.1 Å². The highest BCUT2D eigenvalue weighted by Gasteiger charge is 2.22. The molecule has 6 nitrogen and oxygen atoms in total. The van der Waals surface area contributed by atoms with Gasteiger partial charge in [-0.15, -0.1) is 0 Å². The predicted octanol–water partition coefficient (Wildman–Crippen LogP) is 2.77. The summed E-state index contributed by atoms with van der Waals surface area (Å²) in [5, 5.41) is 10.6. The average molecular weight is 359 g/mol. The minimum atomic E-state index is -0.324. The zero-order valence-electron chi connectivity index (χ0n) is 15.5. The first-order valence-electron chi connectivity index (χ1n) is 8.92. The molecule has 1 aliphatic rings. The number of rotatable bonds is 7. The molecule has 2 N–H and O–H groups in total. The van der Waals surface area contributed by atoms with Crippen molar-refractivity contribution in [1.29, 1.82) is 0 Å². The average Bonchev–Trinajstić information content (AvgIpc) is 3.37. The number of aliphatic imine (C=N–C) groups is 1. The van der Waals surface area contributed by atoms with Crippen molar-refractivity contribution in [3.63, 3.8) is 0 Å². The molecule has 1 aromatic carbocycles. The van der Waals surface area contributed by atoms with Gasteiger partial charge in [0.15, 0.2) is 17.5 Å². The fourth-order valence-corrected chi connectivity index (χ4v) is 2.63. The lowest BCUT2D eigenvalue weighted by Gasteiger charge is -2.19. The zero-order chi connectivity index (χ0) is 18.5. The number of guanidine groups is 1. The Balaban J connectivity index is 1.54. The molecule has 140 valence electrons. The minimum absolute atomic E-state index is 0.0953. The highest BCUT2D eigenvalue weighted by molar-refractivity contribution is 5.80. The van der Waals surface area contributed by atoms with Gasteiger partial charge < -0.3 is 15.4 Å². The SMILES string of the molecule is CN=C(NCc1cnn(C)c1)NC(C)c1ccc(OCC2CC2)c(F)c1. The molecule has 2 aromatic rings. The first-order valence-corrected chi connectivity index (χ1v) is 8.92. The molecule has 26 heavy (non-hydrogen) atoms. The van der Waals surface area contributed by atoms with Crippen LogP contribution >= 0.6 is 0 Å². The first-order chi connectivity index (χ1) is 12.5. The van der Waals surface area contributed by atoms with Crippen molar-refractivity contribution >= 4 is 5.96 Å². The lowest BCUT2D eigenvalue weighted by Crippen LogP contribution is -2.38. The van der Waals surface area contributed by atoms with E-state index in [9.17, 15) is 4.39 Å². The highest BCUT2D eigenvalue weighted by atomic mass is 19.1. The number of hydrogen-bond acceptors (Lipinski definition) is 3. The molecule has 1 saturated carbocycles. The Morgan fingerprint density at radius 3 is 2.88 bits per heavy atom. The molecule has 1 aromatic heterocycles. The van der Waals surface area contributed by atoms with Gasteiger partial charge in [0, 0.05) is 32.4 Å². The molecule has 1 aliphatic carbocycles. The van der Waals surface area contributed by atoms with Crippen molar-refractivity contribution in [3.8, 4) is 5.75 Å². The molecule has 1 unspecified atom stereocenters. The zero-order valence-corrected chi connectivity index (χ0v) is 15.5. The van der Waals surface area contributed by atoms with Crippen LogP contribution in [0.5, 0.6) is 5.75 Å². The van der Waals surface area contributed by atoms with Crippen LogP contribution in [-0.2, 0) is 13.6 Å². The summed E-state index contributed by atoms with van der Waals surface area (Å²) in [7, 11) is 3.59. The molecule has 3 rings (SSSR count). The van der Waals surface area contributed by atoms with Gasteiger partial charge in [-0.3, -0.25) is 9.67 Å². The summed E-state index contributed by atoms with van der Waals surface area (Å²) in [5.74, 6) is 1.25. The quantitative estimate of drug-likeness (QED) is 0.589. The normalized spacial score (nSPS) is 15.6. The Labute approximate surface area is 153 Å². The first kappa shape index (κ1) is 18.2. The number of ether oxygens (including phenoxy) is 1. The maximum atomic E-state index is 14.3. The Morgan fingerprint density at radius 2 is 2.27 bits per heavy atom. The topological polar surface area (TPSA) is 63.5 Å². The van der Waals surface area contributed by atoms with E-state index in [0.29, 0.717) is 30.8 Å². The van der Waals surface area contributed by atoms with Crippen LogP contribution in [0.2, 0.25) is 0 Å². The summed E-state index contributed by atoms with van der Waals surface area (Å²) in [6.07, 6.45) is 6.12. The Bertz CT molecular complexity index is 769. The molecule has 1 fully saturated rings. The Hall–Kier alpha value is -2.57. The Kier molecular flexibility index (Phi) is 5.75. The van der Waals surface area contributed by atoms with Crippen LogP contribution in [-0.4, -0.2) is 29.4 Å². The second kappa shape index (κ2) is 8.21. The lowest BCUT2D eigenvalue weighted by atomic mass is 10.1. The molecular formula is C19H26FN5O. The summed E-state index contributed by atoms with van der Waals surface area (Å²) in [5.41, 5.74) is 1.90. The van der Waals surface area contributed by atoms with Crippen molar-refractivity contribution < 1.29 is 9.13 Å². The van der Waals surface area contributed by atoms with E-state index in [4.69, 9.17) is 4.74 Å². The van der Waals surface area contributed by atoms with E-state index in [1.54, 1.807) is 24.0 Å². The number of halogens is 1. The molecule has 0 spiro atoms. The second-order valence-electron chi connectivity index (χ2n) is 6.76. The lowest BCUT2D eigenvalue weighted by molar-refractivity contribution is 0.285. The number of hydrogen-bond donors (Lipinski definition) is 2. The summed E-state index contributed by atoms with van der Waals surface area (Å²) in [4.78, 5) is 4.22. The third-order valence-electron chi connectivity index (χ3n) is 4.42. The van der Waals surface area contributed by atoms with Gasteiger partial charge in [-0.1, -0.05) is 6.07 Å². The summed E-state index contributed by atoms with van der Waals surface area (Å²) >= 11 is 0. The van der Waals surface area contributed by atoms with E-state index < -0.39 is 0 Å². The molecule has 1 heterocycles. The summed E-state index contributed by atoms with van der Waals surface area (Å²) in [6, 6.07) is 5.02. The monoisotopic (exact) mass is 359 g/mol. The van der Waals surface area contributed by atoms with Gasteiger partial charge in [0.2, 0.25) is 0 Å². The fourth-order valence-electron chi connectivity index (χ4n) is 2.63. The number of benzene rings is 1. The van der Waals surface area contributed by atoms with Gasteiger partial charge in [-0.25, -0.2) is 4.39 Å². The highest BCUT2D eigenvalue weighted by Crippen LogP contribution is 2.30. The van der Waals surface area contributed by atoms with E-state index in [1.165, 1.54) is 18.9 Å². The van der Waals surface area contributed by atoms with Gasteiger partial charge >= 0.3 is 0 Å². The van der Waals surface area contributed by atoms with Gasteiger partial charge in [0.1, 0.15) is 0 Å². The van der Waals surface area contributed by atoms with Crippen LogP contribution in [0.4, 0.5) is 4.39 Å². The number of nitrogens with zero attached hydrogens (tertiary/aromatic N) is 3. The maximum Gasteiger partial charge on any atom is 0.191 e. The number of aryl methyl sites for hydroxylation is 1. The van der Waals surface area contributed by atoms with Crippen LogP contribution in [0.1, 0.15) is 36.9 Å². The van der Waals surface area contributed by atoms with E-state index in [2.05, 4.69) is 20.7 Å². The van der Waals surface area contributed by atoms with Crippen LogP contribution in [0.25, 0.3) is 0 Å². The minimum Gasteiger partial charge on any atom is -0.490 e. The molecule has 0 saturated heterocycles. The molecule has 7 heteroatoms. The van der Waals surface area contributed by atoms with Gasteiger partial charge in [-0.05, 0) is 43.4 Å². The van der Waals surface area contributed by atoms with Crippen molar-refractivity contribution in [3.05, 3.63) is 47.5 Å². The van der Waals surface area contributed by atoms with Crippen molar-refractivity contribution in [2.24, 2.45) is 18.0 Å². The van der Waals surface area contributed by atoms with E-state index in [-0.39, 0.29) is 11.9 Å².